The van der Waals surface area contributed by atoms with Crippen LogP contribution >= 0.6 is 22.6 Å². The van der Waals surface area contributed by atoms with Crippen LogP contribution in [0.4, 0.5) is 0 Å². The van der Waals surface area contributed by atoms with E-state index in [-0.39, 0.29) is 0 Å². The maximum Gasteiger partial charge on any atom is 0.149 e. The topological polar surface area (TPSA) is 81.6 Å². The molecule has 0 aliphatic heterocycles. The predicted octanol–water partition coefficient (Wildman–Crippen LogP) is 0.503. The van der Waals surface area contributed by atoms with Crippen molar-refractivity contribution in [1.82, 2.24) is 30.0 Å². The fourth-order valence-electron chi connectivity index (χ4n) is 1.80. The van der Waals surface area contributed by atoms with Gasteiger partial charge in [0.15, 0.2) is 0 Å². The highest BCUT2D eigenvalue weighted by Gasteiger charge is 2.25. The fraction of sp³-hybridized carbons (Fsp3) is 0.600. The minimum atomic E-state index is -0.862. The molecule has 2 aromatic heterocycles. The molecule has 0 amide bonds. The van der Waals surface area contributed by atoms with Crippen molar-refractivity contribution in [3.8, 4) is 0 Å². The van der Waals surface area contributed by atoms with Gasteiger partial charge in [0.2, 0.25) is 0 Å². The lowest BCUT2D eigenvalue weighted by atomic mass is 10.2. The molecule has 1 aliphatic rings. The van der Waals surface area contributed by atoms with Crippen molar-refractivity contribution in [2.24, 2.45) is 13.0 Å². The average Bonchev–Trinajstić information content (AvgIpc) is 2.89. The summed E-state index contributed by atoms with van der Waals surface area (Å²) >= 11 is 2.05. The van der Waals surface area contributed by atoms with Gasteiger partial charge in [0, 0.05) is 13.6 Å². The Hall–Kier alpha value is -1.03. The molecule has 1 unspecified atom stereocenters. The molecule has 0 spiro atoms. The summed E-state index contributed by atoms with van der Waals surface area (Å²) in [5, 5.41) is 26.5. The molecule has 7 nitrogen and oxygen atoms in total. The number of aliphatic hydroxyl groups is 1. The minimum Gasteiger partial charge on any atom is -0.380 e. The number of halogens is 1. The van der Waals surface area contributed by atoms with Crippen molar-refractivity contribution in [3.63, 3.8) is 0 Å². The maximum atomic E-state index is 10.2. The van der Waals surface area contributed by atoms with E-state index in [0.29, 0.717) is 15.1 Å². The molecular formula is C10H13IN6O. The smallest absolute Gasteiger partial charge is 0.149 e. The third kappa shape index (κ3) is 2.39. The zero-order valence-corrected chi connectivity index (χ0v) is 12.0. The molecule has 1 fully saturated rings. The number of aryl methyl sites for hydroxylation is 1. The van der Waals surface area contributed by atoms with Crippen molar-refractivity contribution in [3.05, 3.63) is 21.3 Å². The second-order valence-corrected chi connectivity index (χ2v) is 5.60. The van der Waals surface area contributed by atoms with E-state index in [1.165, 1.54) is 17.6 Å². The molecule has 0 bridgehead atoms. The van der Waals surface area contributed by atoms with E-state index in [2.05, 4.69) is 43.1 Å². The zero-order chi connectivity index (χ0) is 12.7. The summed E-state index contributed by atoms with van der Waals surface area (Å²) in [5.74, 6) is 0.730. The zero-order valence-electron chi connectivity index (χ0n) is 9.86. The third-order valence-corrected chi connectivity index (χ3v) is 3.70. The summed E-state index contributed by atoms with van der Waals surface area (Å²) in [7, 11) is 1.72. The van der Waals surface area contributed by atoms with Crippen molar-refractivity contribution >= 4 is 22.6 Å². The fourth-order valence-corrected chi connectivity index (χ4v) is 2.51. The molecule has 0 aromatic carbocycles. The van der Waals surface area contributed by atoms with Gasteiger partial charge in [0.05, 0.1) is 6.20 Å². The van der Waals surface area contributed by atoms with Gasteiger partial charge in [0.25, 0.3) is 0 Å². The number of hydrogen-bond donors (Lipinski definition) is 1. The van der Waals surface area contributed by atoms with E-state index in [1.807, 2.05) is 0 Å². The van der Waals surface area contributed by atoms with Crippen LogP contribution in [0.5, 0.6) is 0 Å². The molecular weight excluding hydrogens is 347 g/mol. The van der Waals surface area contributed by atoms with Crippen LogP contribution in [0.1, 0.15) is 30.3 Å². The molecule has 2 heterocycles. The predicted molar refractivity (Wildman–Crippen MR) is 70.5 cm³/mol. The molecule has 18 heavy (non-hydrogen) atoms. The Morgan fingerprint density at radius 3 is 2.89 bits per heavy atom. The van der Waals surface area contributed by atoms with Gasteiger partial charge in [-0.2, -0.15) is 9.90 Å². The second-order valence-electron chi connectivity index (χ2n) is 4.58. The van der Waals surface area contributed by atoms with E-state index in [0.717, 1.165) is 12.5 Å². The van der Waals surface area contributed by atoms with Crippen LogP contribution in [0.2, 0.25) is 0 Å². The maximum absolute atomic E-state index is 10.2. The van der Waals surface area contributed by atoms with Crippen molar-refractivity contribution in [2.75, 3.05) is 0 Å². The first kappa shape index (κ1) is 12.0. The Morgan fingerprint density at radius 1 is 1.50 bits per heavy atom. The van der Waals surface area contributed by atoms with Crippen LogP contribution < -0.4 is 0 Å². The Kier molecular flexibility index (Phi) is 3.06. The Bertz CT molecular complexity index is 560. The summed E-state index contributed by atoms with van der Waals surface area (Å²) in [6.45, 7) is 0.886. The van der Waals surface area contributed by atoms with Gasteiger partial charge in [-0.3, -0.25) is 4.68 Å². The molecule has 1 atom stereocenters. The summed E-state index contributed by atoms with van der Waals surface area (Å²) < 4.78 is 2.47. The van der Waals surface area contributed by atoms with Crippen LogP contribution in [-0.2, 0) is 13.6 Å². The molecule has 2 aromatic rings. The number of aliphatic hydroxyl groups excluding tert-OH is 1. The van der Waals surface area contributed by atoms with Crippen LogP contribution in [-0.4, -0.2) is 35.1 Å². The Labute approximate surface area is 117 Å². The van der Waals surface area contributed by atoms with Crippen LogP contribution in [0, 0.1) is 9.62 Å². The largest absolute Gasteiger partial charge is 0.380 e. The van der Waals surface area contributed by atoms with Crippen LogP contribution in [0.15, 0.2) is 6.20 Å². The summed E-state index contributed by atoms with van der Waals surface area (Å²) in [6, 6.07) is 0. The summed E-state index contributed by atoms with van der Waals surface area (Å²) in [5.41, 5.74) is 1.05. The molecule has 96 valence electrons. The average molecular weight is 360 g/mol. The molecule has 1 saturated carbocycles. The van der Waals surface area contributed by atoms with E-state index >= 15 is 0 Å². The highest BCUT2D eigenvalue weighted by molar-refractivity contribution is 14.1. The first-order valence-corrected chi connectivity index (χ1v) is 6.86. The molecule has 1 N–H and O–H groups in total. The molecule has 3 rings (SSSR count). The highest BCUT2D eigenvalue weighted by atomic mass is 127. The summed E-state index contributed by atoms with van der Waals surface area (Å²) in [4.78, 5) is 1.44. The lowest BCUT2D eigenvalue weighted by Crippen LogP contribution is -2.04. The second kappa shape index (κ2) is 4.57. The lowest BCUT2D eigenvalue weighted by Gasteiger charge is -2.02. The first-order chi connectivity index (χ1) is 8.63. The number of rotatable bonds is 4. The lowest BCUT2D eigenvalue weighted by molar-refractivity contribution is 0.208. The van der Waals surface area contributed by atoms with E-state index < -0.39 is 6.10 Å². The van der Waals surface area contributed by atoms with Crippen LogP contribution in [0.3, 0.4) is 0 Å². The van der Waals surface area contributed by atoms with E-state index in [4.69, 9.17) is 0 Å². The Morgan fingerprint density at radius 2 is 2.28 bits per heavy atom. The number of aromatic nitrogens is 6. The van der Waals surface area contributed by atoms with Gasteiger partial charge in [-0.15, -0.1) is 10.2 Å². The molecule has 1 aliphatic carbocycles. The minimum absolute atomic E-state index is 0.522. The molecule has 0 radical (unpaired) electrons. The Balaban J connectivity index is 1.80. The number of hydrogen-bond acceptors (Lipinski definition) is 5. The molecule has 0 saturated heterocycles. The standard InChI is InChI=1S/C10H13IN6O/c1-16-13-8(10(11)14-16)9(18)7-5-17(15-12-7)4-6-2-3-6/h5-6,9,18H,2-4H2,1H3. The van der Waals surface area contributed by atoms with Gasteiger partial charge in [-0.25, -0.2) is 0 Å². The first-order valence-electron chi connectivity index (χ1n) is 5.78. The molecule has 8 heteroatoms. The number of nitrogens with zero attached hydrogens (tertiary/aromatic N) is 6. The van der Waals surface area contributed by atoms with Gasteiger partial charge >= 0.3 is 0 Å². The monoisotopic (exact) mass is 360 g/mol. The normalized spacial score (nSPS) is 17.1. The SMILES string of the molecule is Cn1nc(I)c(C(O)c2cn(CC3CC3)nn2)n1. The summed E-state index contributed by atoms with van der Waals surface area (Å²) in [6.07, 6.45) is 3.45. The van der Waals surface area contributed by atoms with Gasteiger partial charge in [-0.1, -0.05) is 5.21 Å². The van der Waals surface area contributed by atoms with E-state index in [1.54, 1.807) is 17.9 Å². The van der Waals surface area contributed by atoms with Gasteiger partial charge in [-0.05, 0) is 41.4 Å². The van der Waals surface area contributed by atoms with Crippen molar-refractivity contribution < 1.29 is 5.11 Å². The quantitative estimate of drug-likeness (QED) is 0.804. The van der Waals surface area contributed by atoms with Gasteiger partial charge in [0.1, 0.15) is 21.2 Å². The third-order valence-electron chi connectivity index (χ3n) is 2.93. The highest BCUT2D eigenvalue weighted by Crippen LogP contribution is 2.30. The van der Waals surface area contributed by atoms with Crippen molar-refractivity contribution in [1.29, 1.82) is 0 Å². The van der Waals surface area contributed by atoms with Crippen molar-refractivity contribution in [2.45, 2.75) is 25.5 Å². The van der Waals surface area contributed by atoms with E-state index in [9.17, 15) is 5.11 Å². The van der Waals surface area contributed by atoms with Gasteiger partial charge < -0.3 is 5.11 Å². The van der Waals surface area contributed by atoms with Crippen LogP contribution in [0.25, 0.3) is 0 Å².